The Kier molecular flexibility index (Phi) is 2.71. The Morgan fingerprint density at radius 1 is 1.00 bits per heavy atom. The van der Waals surface area contributed by atoms with Gasteiger partial charge in [-0.05, 0) is 47.9 Å². The zero-order chi connectivity index (χ0) is 14.6. The van der Waals surface area contributed by atoms with Crippen molar-refractivity contribution in [1.29, 1.82) is 0 Å². The summed E-state index contributed by atoms with van der Waals surface area (Å²) in [4.78, 5) is 12.5. The minimum absolute atomic E-state index is 0.140. The Labute approximate surface area is 121 Å². The van der Waals surface area contributed by atoms with Crippen molar-refractivity contribution in [1.82, 2.24) is 0 Å². The topological polar surface area (TPSA) is 17.1 Å². The molecule has 0 aromatic heterocycles. The summed E-state index contributed by atoms with van der Waals surface area (Å²) in [5.41, 5.74) is 2.08. The van der Waals surface area contributed by atoms with Crippen LogP contribution in [0.25, 0.3) is 0 Å². The Balaban J connectivity index is 1.70. The van der Waals surface area contributed by atoms with Crippen LogP contribution >= 0.6 is 0 Å². The van der Waals surface area contributed by atoms with Gasteiger partial charge in [0.25, 0.3) is 0 Å². The molecule has 0 aliphatic heterocycles. The average Bonchev–Trinajstić information content (AvgIpc) is 3.22. The first-order valence-electron chi connectivity index (χ1n) is 7.24. The van der Waals surface area contributed by atoms with E-state index < -0.39 is 11.6 Å². The van der Waals surface area contributed by atoms with Gasteiger partial charge in [-0.25, -0.2) is 8.78 Å². The minimum Gasteiger partial charge on any atom is -0.294 e. The van der Waals surface area contributed by atoms with Crippen molar-refractivity contribution in [2.24, 2.45) is 11.8 Å². The summed E-state index contributed by atoms with van der Waals surface area (Å²) in [5, 5.41) is 0. The fourth-order valence-electron chi connectivity index (χ4n) is 3.82. The highest BCUT2D eigenvalue weighted by Crippen LogP contribution is 2.60. The van der Waals surface area contributed by atoms with E-state index in [0.29, 0.717) is 0 Å². The van der Waals surface area contributed by atoms with Crippen LogP contribution in [0.5, 0.6) is 0 Å². The molecule has 4 rings (SSSR count). The van der Waals surface area contributed by atoms with Crippen molar-refractivity contribution in [2.45, 2.75) is 18.8 Å². The van der Waals surface area contributed by atoms with Crippen molar-refractivity contribution in [3.63, 3.8) is 0 Å². The molecule has 0 amide bonds. The smallest absolute Gasteiger partial charge is 0.172 e. The molecule has 0 N–H and O–H groups in total. The lowest BCUT2D eigenvalue weighted by molar-refractivity contribution is 0.0951. The number of halogens is 2. The molecule has 106 valence electrons. The van der Waals surface area contributed by atoms with E-state index in [2.05, 4.69) is 6.07 Å². The summed E-state index contributed by atoms with van der Waals surface area (Å²) in [6, 6.07) is 11.7. The Hall–Kier alpha value is -2.03. The summed E-state index contributed by atoms with van der Waals surface area (Å²) >= 11 is 0. The zero-order valence-corrected chi connectivity index (χ0v) is 11.4. The molecule has 2 aromatic rings. The number of rotatable bonds is 2. The first kappa shape index (κ1) is 12.7. The molecule has 21 heavy (non-hydrogen) atoms. The van der Waals surface area contributed by atoms with Gasteiger partial charge < -0.3 is 0 Å². The fourth-order valence-corrected chi connectivity index (χ4v) is 3.82. The highest BCUT2D eigenvalue weighted by molar-refractivity contribution is 6.01. The van der Waals surface area contributed by atoms with Crippen LogP contribution < -0.4 is 0 Å². The number of fused-ring (bicyclic) bond motifs is 3. The average molecular weight is 284 g/mol. The van der Waals surface area contributed by atoms with E-state index in [-0.39, 0.29) is 29.1 Å². The van der Waals surface area contributed by atoms with Crippen LogP contribution in [-0.2, 0) is 6.42 Å². The molecule has 2 aliphatic rings. The van der Waals surface area contributed by atoms with Crippen LogP contribution in [0.4, 0.5) is 8.78 Å². The maximum atomic E-state index is 13.8. The number of benzene rings is 2. The van der Waals surface area contributed by atoms with E-state index in [1.807, 2.05) is 18.2 Å². The molecule has 1 nitrogen and oxygen atoms in total. The van der Waals surface area contributed by atoms with Crippen LogP contribution in [0.1, 0.15) is 33.8 Å². The predicted molar refractivity (Wildman–Crippen MR) is 75.2 cm³/mol. The number of carbonyl (C=O) groups is 1. The standard InChI is InChI=1S/C18H14F2O/c19-13-6-3-7-14(20)17(13)18(21)16-12-9-8-10-4-1-2-5-11(10)15(12)16/h1-7,12,15-16H,8-9H2. The number of hydrogen-bond donors (Lipinski definition) is 0. The third-order valence-electron chi connectivity index (χ3n) is 4.84. The summed E-state index contributed by atoms with van der Waals surface area (Å²) in [6.45, 7) is 0. The third kappa shape index (κ3) is 1.84. The van der Waals surface area contributed by atoms with Crippen LogP contribution in [0.3, 0.4) is 0 Å². The van der Waals surface area contributed by atoms with Crippen LogP contribution in [-0.4, -0.2) is 5.78 Å². The van der Waals surface area contributed by atoms with Crippen molar-refractivity contribution < 1.29 is 13.6 Å². The minimum atomic E-state index is -0.753. The largest absolute Gasteiger partial charge is 0.294 e. The Bertz CT molecular complexity index is 717. The van der Waals surface area contributed by atoms with Gasteiger partial charge in [0.15, 0.2) is 5.78 Å². The molecule has 0 saturated heterocycles. The maximum absolute atomic E-state index is 13.8. The summed E-state index contributed by atoms with van der Waals surface area (Å²) in [6.07, 6.45) is 1.87. The molecule has 2 aromatic carbocycles. The molecule has 0 radical (unpaired) electrons. The molecular formula is C18H14F2O. The number of ketones is 1. The maximum Gasteiger partial charge on any atom is 0.172 e. The second-order valence-electron chi connectivity index (χ2n) is 5.91. The molecule has 3 unspecified atom stereocenters. The quantitative estimate of drug-likeness (QED) is 0.758. The van der Waals surface area contributed by atoms with Crippen molar-refractivity contribution in [3.8, 4) is 0 Å². The second kappa shape index (κ2) is 4.48. The Morgan fingerprint density at radius 3 is 2.48 bits per heavy atom. The lowest BCUT2D eigenvalue weighted by Gasteiger charge is -2.13. The van der Waals surface area contributed by atoms with Crippen LogP contribution in [0.2, 0.25) is 0 Å². The molecule has 3 atom stereocenters. The van der Waals surface area contributed by atoms with E-state index in [9.17, 15) is 13.6 Å². The van der Waals surface area contributed by atoms with Gasteiger partial charge >= 0.3 is 0 Å². The highest BCUT2D eigenvalue weighted by atomic mass is 19.1. The molecule has 0 bridgehead atoms. The third-order valence-corrected chi connectivity index (χ3v) is 4.84. The van der Waals surface area contributed by atoms with Gasteiger partial charge in [-0.2, -0.15) is 0 Å². The number of aryl methyl sites for hydroxylation is 1. The van der Waals surface area contributed by atoms with E-state index in [1.165, 1.54) is 17.2 Å². The van der Waals surface area contributed by atoms with Gasteiger partial charge in [-0.3, -0.25) is 4.79 Å². The molecule has 0 heterocycles. The van der Waals surface area contributed by atoms with Gasteiger partial charge in [-0.1, -0.05) is 30.3 Å². The summed E-state index contributed by atoms with van der Waals surface area (Å²) in [7, 11) is 0. The molecule has 2 aliphatic carbocycles. The fraction of sp³-hybridized carbons (Fsp3) is 0.278. The number of Topliss-reactive ketones (excluding diaryl/α,β-unsaturated/α-hetero) is 1. The van der Waals surface area contributed by atoms with Gasteiger partial charge in [0.2, 0.25) is 0 Å². The lowest BCUT2D eigenvalue weighted by Crippen LogP contribution is -2.09. The van der Waals surface area contributed by atoms with E-state index >= 15 is 0 Å². The SMILES string of the molecule is O=C(c1c(F)cccc1F)C1C2CCc3ccccc3C21. The molecule has 1 saturated carbocycles. The van der Waals surface area contributed by atoms with Gasteiger partial charge in [0.1, 0.15) is 11.6 Å². The van der Waals surface area contributed by atoms with Crippen LogP contribution in [0.15, 0.2) is 42.5 Å². The van der Waals surface area contributed by atoms with E-state index in [4.69, 9.17) is 0 Å². The Morgan fingerprint density at radius 2 is 1.71 bits per heavy atom. The van der Waals surface area contributed by atoms with Crippen molar-refractivity contribution >= 4 is 5.78 Å². The summed E-state index contributed by atoms with van der Waals surface area (Å²) in [5.74, 6) is -1.76. The first-order chi connectivity index (χ1) is 10.2. The molecule has 1 fully saturated rings. The molecular weight excluding hydrogens is 270 g/mol. The highest BCUT2D eigenvalue weighted by Gasteiger charge is 2.57. The van der Waals surface area contributed by atoms with E-state index in [1.54, 1.807) is 0 Å². The summed E-state index contributed by atoms with van der Waals surface area (Å²) < 4.78 is 27.6. The van der Waals surface area contributed by atoms with Crippen molar-refractivity contribution in [2.75, 3.05) is 0 Å². The number of carbonyl (C=O) groups excluding carboxylic acids is 1. The number of hydrogen-bond acceptors (Lipinski definition) is 1. The van der Waals surface area contributed by atoms with Gasteiger partial charge in [0, 0.05) is 5.92 Å². The molecule has 3 heteroatoms. The van der Waals surface area contributed by atoms with Gasteiger partial charge in [0.05, 0.1) is 5.56 Å². The lowest BCUT2D eigenvalue weighted by atomic mass is 9.92. The van der Waals surface area contributed by atoms with Gasteiger partial charge in [-0.15, -0.1) is 0 Å². The monoisotopic (exact) mass is 284 g/mol. The second-order valence-corrected chi connectivity index (χ2v) is 5.91. The van der Waals surface area contributed by atoms with E-state index in [0.717, 1.165) is 25.0 Å². The zero-order valence-electron chi connectivity index (χ0n) is 11.4. The van der Waals surface area contributed by atoms with Crippen LogP contribution in [0, 0.1) is 23.5 Å². The predicted octanol–water partition coefficient (Wildman–Crippen LogP) is 4.12. The first-order valence-corrected chi connectivity index (χ1v) is 7.24. The molecule has 0 spiro atoms. The normalized spacial score (nSPS) is 25.9. The van der Waals surface area contributed by atoms with Crippen molar-refractivity contribution in [3.05, 3.63) is 70.8 Å².